The van der Waals surface area contributed by atoms with Crippen molar-refractivity contribution < 1.29 is 15.0 Å². The van der Waals surface area contributed by atoms with Crippen LogP contribution in [0.3, 0.4) is 0 Å². The van der Waals surface area contributed by atoms with Gasteiger partial charge in [-0.25, -0.2) is 0 Å². The highest BCUT2D eigenvalue weighted by Crippen LogP contribution is 2.09. The molecule has 60 valence electrons. The Labute approximate surface area is 60.7 Å². The number of aliphatic hydroxyl groups is 2. The molecule has 0 saturated carbocycles. The highest BCUT2D eigenvalue weighted by Gasteiger charge is 2.24. The normalized spacial score (nSPS) is 19.7. The quantitative estimate of drug-likeness (QED) is 0.587. The first-order valence-corrected chi connectivity index (χ1v) is 3.33. The second-order valence-corrected chi connectivity index (χ2v) is 2.62. The summed E-state index contributed by atoms with van der Waals surface area (Å²) < 4.78 is 0. The summed E-state index contributed by atoms with van der Waals surface area (Å²) in [5.41, 5.74) is 0. The van der Waals surface area contributed by atoms with Gasteiger partial charge < -0.3 is 10.2 Å². The second kappa shape index (κ2) is 3.68. The zero-order valence-corrected chi connectivity index (χ0v) is 6.53. The van der Waals surface area contributed by atoms with Gasteiger partial charge in [0.2, 0.25) is 0 Å². The Balaban J connectivity index is 4.12. The van der Waals surface area contributed by atoms with Crippen molar-refractivity contribution >= 4 is 5.78 Å². The monoisotopic (exact) mass is 146 g/mol. The SMILES string of the molecule is CC(=O)C(C(C)O)C(C)O. The van der Waals surface area contributed by atoms with Gasteiger partial charge in [-0.05, 0) is 20.8 Å². The van der Waals surface area contributed by atoms with Crippen LogP contribution >= 0.6 is 0 Å². The van der Waals surface area contributed by atoms with Gasteiger partial charge in [0.1, 0.15) is 5.78 Å². The van der Waals surface area contributed by atoms with E-state index in [1.165, 1.54) is 20.8 Å². The van der Waals surface area contributed by atoms with Crippen LogP contribution in [0.2, 0.25) is 0 Å². The molecule has 0 radical (unpaired) electrons. The summed E-state index contributed by atoms with van der Waals surface area (Å²) in [6.07, 6.45) is -1.53. The summed E-state index contributed by atoms with van der Waals surface area (Å²) in [6, 6.07) is 0. The number of aliphatic hydroxyl groups excluding tert-OH is 2. The van der Waals surface area contributed by atoms with E-state index in [4.69, 9.17) is 10.2 Å². The minimum Gasteiger partial charge on any atom is -0.393 e. The van der Waals surface area contributed by atoms with Gasteiger partial charge in [0.15, 0.2) is 0 Å². The standard InChI is InChI=1S/C7H14O3/c1-4(8)7(5(2)9)6(3)10/h4-5,7-9H,1-3H3. The summed E-state index contributed by atoms with van der Waals surface area (Å²) >= 11 is 0. The first kappa shape index (κ1) is 9.59. The van der Waals surface area contributed by atoms with Crippen molar-refractivity contribution in [1.82, 2.24) is 0 Å². The first-order valence-electron chi connectivity index (χ1n) is 3.33. The van der Waals surface area contributed by atoms with Gasteiger partial charge in [-0.15, -0.1) is 0 Å². The third-order valence-electron chi connectivity index (χ3n) is 1.51. The lowest BCUT2D eigenvalue weighted by atomic mass is 9.94. The van der Waals surface area contributed by atoms with Gasteiger partial charge in [-0.3, -0.25) is 4.79 Å². The predicted octanol–water partition coefficient (Wildman–Crippen LogP) is -0.0468. The van der Waals surface area contributed by atoms with Gasteiger partial charge in [0.25, 0.3) is 0 Å². The molecule has 0 spiro atoms. The molecule has 2 unspecified atom stereocenters. The third kappa shape index (κ3) is 2.45. The summed E-state index contributed by atoms with van der Waals surface area (Å²) in [5, 5.41) is 17.9. The molecule has 0 aliphatic rings. The molecule has 2 atom stereocenters. The number of carbonyl (C=O) groups is 1. The number of Topliss-reactive ketones (excluding diaryl/α,β-unsaturated/α-hetero) is 1. The highest BCUT2D eigenvalue weighted by molar-refractivity contribution is 5.79. The fourth-order valence-electron chi connectivity index (χ4n) is 1.08. The molecule has 3 nitrogen and oxygen atoms in total. The smallest absolute Gasteiger partial charge is 0.138 e. The molecule has 0 aromatic carbocycles. The molecule has 0 bridgehead atoms. The average molecular weight is 146 g/mol. The maximum atomic E-state index is 10.7. The molecular formula is C7H14O3. The van der Waals surface area contributed by atoms with E-state index in [2.05, 4.69) is 0 Å². The van der Waals surface area contributed by atoms with Gasteiger partial charge in [-0.2, -0.15) is 0 Å². The van der Waals surface area contributed by atoms with E-state index < -0.39 is 18.1 Å². The largest absolute Gasteiger partial charge is 0.393 e. The van der Waals surface area contributed by atoms with Crippen LogP contribution in [0.4, 0.5) is 0 Å². The fourth-order valence-corrected chi connectivity index (χ4v) is 1.08. The van der Waals surface area contributed by atoms with Gasteiger partial charge in [0, 0.05) is 0 Å². The van der Waals surface area contributed by atoms with E-state index in [9.17, 15) is 4.79 Å². The van der Waals surface area contributed by atoms with Crippen LogP contribution in [0.1, 0.15) is 20.8 Å². The number of ketones is 1. The van der Waals surface area contributed by atoms with Crippen LogP contribution in [0, 0.1) is 5.92 Å². The maximum Gasteiger partial charge on any atom is 0.138 e. The maximum absolute atomic E-state index is 10.7. The molecule has 0 amide bonds. The Morgan fingerprint density at radius 1 is 1.20 bits per heavy atom. The molecule has 0 aromatic rings. The zero-order valence-electron chi connectivity index (χ0n) is 6.53. The Morgan fingerprint density at radius 2 is 1.50 bits per heavy atom. The number of hydrogen-bond donors (Lipinski definition) is 2. The van der Waals surface area contributed by atoms with E-state index >= 15 is 0 Å². The Hall–Kier alpha value is -0.410. The lowest BCUT2D eigenvalue weighted by molar-refractivity contribution is -0.128. The predicted molar refractivity (Wildman–Crippen MR) is 37.5 cm³/mol. The Bertz CT molecular complexity index is 110. The summed E-state index contributed by atoms with van der Waals surface area (Å²) in [7, 11) is 0. The molecule has 2 N–H and O–H groups in total. The average Bonchev–Trinajstić information content (AvgIpc) is 1.59. The molecular weight excluding hydrogens is 132 g/mol. The Morgan fingerprint density at radius 3 is 1.50 bits per heavy atom. The molecule has 0 heterocycles. The molecule has 0 aromatic heterocycles. The molecule has 0 saturated heterocycles. The molecule has 3 heteroatoms. The van der Waals surface area contributed by atoms with E-state index in [1.54, 1.807) is 0 Å². The summed E-state index contributed by atoms with van der Waals surface area (Å²) in [4.78, 5) is 10.7. The van der Waals surface area contributed by atoms with E-state index in [-0.39, 0.29) is 5.78 Å². The second-order valence-electron chi connectivity index (χ2n) is 2.62. The van der Waals surface area contributed by atoms with Crippen LogP contribution in [0.15, 0.2) is 0 Å². The highest BCUT2D eigenvalue weighted by atomic mass is 16.3. The summed E-state index contributed by atoms with van der Waals surface area (Å²) in [5.74, 6) is -0.815. The topological polar surface area (TPSA) is 57.5 Å². The number of hydrogen-bond acceptors (Lipinski definition) is 3. The van der Waals surface area contributed by atoms with Crippen LogP contribution < -0.4 is 0 Å². The molecule has 0 rings (SSSR count). The zero-order chi connectivity index (χ0) is 8.31. The summed E-state index contributed by atoms with van der Waals surface area (Å²) in [6.45, 7) is 4.36. The van der Waals surface area contributed by atoms with Crippen molar-refractivity contribution in [2.75, 3.05) is 0 Å². The van der Waals surface area contributed by atoms with Crippen LogP contribution in [0.5, 0.6) is 0 Å². The van der Waals surface area contributed by atoms with Crippen molar-refractivity contribution in [2.24, 2.45) is 5.92 Å². The molecule has 0 fully saturated rings. The third-order valence-corrected chi connectivity index (χ3v) is 1.51. The number of carbonyl (C=O) groups excluding carboxylic acids is 1. The van der Waals surface area contributed by atoms with Crippen molar-refractivity contribution in [1.29, 1.82) is 0 Å². The minimum atomic E-state index is -0.766. The molecule has 0 aliphatic heterocycles. The van der Waals surface area contributed by atoms with Gasteiger partial charge in [-0.1, -0.05) is 0 Å². The molecule has 10 heavy (non-hydrogen) atoms. The van der Waals surface area contributed by atoms with E-state index in [0.29, 0.717) is 0 Å². The van der Waals surface area contributed by atoms with Gasteiger partial charge >= 0.3 is 0 Å². The van der Waals surface area contributed by atoms with Crippen molar-refractivity contribution in [3.63, 3.8) is 0 Å². The minimum absolute atomic E-state index is 0.176. The van der Waals surface area contributed by atoms with Crippen LogP contribution in [-0.4, -0.2) is 28.2 Å². The van der Waals surface area contributed by atoms with Gasteiger partial charge in [0.05, 0.1) is 18.1 Å². The van der Waals surface area contributed by atoms with E-state index in [0.717, 1.165) is 0 Å². The number of rotatable bonds is 3. The van der Waals surface area contributed by atoms with Crippen molar-refractivity contribution in [3.8, 4) is 0 Å². The molecule has 0 aliphatic carbocycles. The van der Waals surface area contributed by atoms with E-state index in [1.807, 2.05) is 0 Å². The van der Waals surface area contributed by atoms with Crippen LogP contribution in [-0.2, 0) is 4.79 Å². The fraction of sp³-hybridized carbons (Fsp3) is 0.857. The van der Waals surface area contributed by atoms with Crippen molar-refractivity contribution in [3.05, 3.63) is 0 Å². The lowest BCUT2D eigenvalue weighted by Crippen LogP contribution is -2.33. The van der Waals surface area contributed by atoms with Crippen LogP contribution in [0.25, 0.3) is 0 Å². The van der Waals surface area contributed by atoms with Crippen molar-refractivity contribution in [2.45, 2.75) is 33.0 Å². The first-order chi connectivity index (χ1) is 4.46. The lowest BCUT2D eigenvalue weighted by Gasteiger charge is -2.18. The Kier molecular flexibility index (Phi) is 3.53.